The molecule has 0 aliphatic heterocycles. The van der Waals surface area contributed by atoms with Gasteiger partial charge in [0.2, 0.25) is 0 Å². The fraction of sp³-hybridized carbons (Fsp3) is 0.357. The summed E-state index contributed by atoms with van der Waals surface area (Å²) in [6.07, 6.45) is 0. The van der Waals surface area contributed by atoms with E-state index in [0.717, 1.165) is 29.3 Å². The molecule has 5 nitrogen and oxygen atoms in total. The molecule has 0 unspecified atom stereocenters. The minimum absolute atomic E-state index is 0.670. The Hall–Kier alpha value is -2.01. The molecule has 1 aromatic heterocycles. The Balaban J connectivity index is 2.31. The standard InChI is InChI=1S/C14H18N2O3/c1-4-15-9-10-7-14(19-16-10)12-8-11(17-2)5-6-13(12)18-3/h5-8,15H,4,9H2,1-3H3. The van der Waals surface area contributed by atoms with E-state index in [9.17, 15) is 0 Å². The number of ether oxygens (including phenoxy) is 2. The second-order valence-corrected chi connectivity index (χ2v) is 4.03. The maximum absolute atomic E-state index is 5.36. The predicted octanol–water partition coefficient (Wildman–Crippen LogP) is 2.47. The van der Waals surface area contributed by atoms with Gasteiger partial charge in [-0.1, -0.05) is 12.1 Å². The van der Waals surface area contributed by atoms with Gasteiger partial charge in [0.25, 0.3) is 0 Å². The number of methoxy groups -OCH3 is 2. The molecule has 0 spiro atoms. The van der Waals surface area contributed by atoms with Crippen LogP contribution in [0.1, 0.15) is 12.6 Å². The molecule has 0 saturated heterocycles. The lowest BCUT2D eigenvalue weighted by Crippen LogP contribution is -2.11. The van der Waals surface area contributed by atoms with Gasteiger partial charge in [-0.2, -0.15) is 0 Å². The number of aromatic nitrogens is 1. The molecule has 1 aromatic carbocycles. The third-order valence-corrected chi connectivity index (χ3v) is 2.79. The van der Waals surface area contributed by atoms with Crippen LogP contribution < -0.4 is 14.8 Å². The van der Waals surface area contributed by atoms with E-state index >= 15 is 0 Å². The third kappa shape index (κ3) is 3.06. The average molecular weight is 262 g/mol. The van der Waals surface area contributed by atoms with Crippen molar-refractivity contribution in [3.63, 3.8) is 0 Å². The fourth-order valence-corrected chi connectivity index (χ4v) is 1.78. The van der Waals surface area contributed by atoms with Gasteiger partial charge in [-0.25, -0.2) is 0 Å². The number of nitrogens with zero attached hydrogens (tertiary/aromatic N) is 1. The highest BCUT2D eigenvalue weighted by Crippen LogP contribution is 2.33. The van der Waals surface area contributed by atoms with E-state index in [1.54, 1.807) is 14.2 Å². The highest BCUT2D eigenvalue weighted by atomic mass is 16.5. The van der Waals surface area contributed by atoms with Crippen molar-refractivity contribution in [3.8, 4) is 22.8 Å². The van der Waals surface area contributed by atoms with E-state index in [-0.39, 0.29) is 0 Å². The van der Waals surface area contributed by atoms with Crippen LogP contribution in [-0.4, -0.2) is 25.9 Å². The molecule has 0 radical (unpaired) electrons. The van der Waals surface area contributed by atoms with Crippen LogP contribution in [0.4, 0.5) is 0 Å². The predicted molar refractivity (Wildman–Crippen MR) is 72.4 cm³/mol. The lowest BCUT2D eigenvalue weighted by atomic mass is 10.1. The summed E-state index contributed by atoms with van der Waals surface area (Å²) in [5.41, 5.74) is 1.69. The molecule has 0 bridgehead atoms. The highest BCUT2D eigenvalue weighted by molar-refractivity contribution is 5.67. The first-order valence-corrected chi connectivity index (χ1v) is 6.17. The summed E-state index contributed by atoms with van der Waals surface area (Å²) in [6, 6.07) is 7.47. The molecule has 0 amide bonds. The first-order chi connectivity index (χ1) is 9.28. The largest absolute Gasteiger partial charge is 0.497 e. The van der Waals surface area contributed by atoms with Gasteiger partial charge in [0, 0.05) is 12.6 Å². The summed E-state index contributed by atoms with van der Waals surface area (Å²) in [4.78, 5) is 0. The molecular formula is C14H18N2O3. The zero-order chi connectivity index (χ0) is 13.7. The molecule has 0 atom stereocenters. The quantitative estimate of drug-likeness (QED) is 0.866. The van der Waals surface area contributed by atoms with E-state index in [2.05, 4.69) is 10.5 Å². The lowest BCUT2D eigenvalue weighted by molar-refractivity contribution is 0.395. The van der Waals surface area contributed by atoms with Gasteiger partial charge in [0.15, 0.2) is 5.76 Å². The van der Waals surface area contributed by atoms with Gasteiger partial charge in [-0.15, -0.1) is 0 Å². The van der Waals surface area contributed by atoms with Crippen LogP contribution >= 0.6 is 0 Å². The molecule has 0 aliphatic carbocycles. The summed E-state index contributed by atoms with van der Waals surface area (Å²) in [6.45, 7) is 3.63. The van der Waals surface area contributed by atoms with Crippen molar-refractivity contribution >= 4 is 0 Å². The Morgan fingerprint density at radius 3 is 2.74 bits per heavy atom. The van der Waals surface area contributed by atoms with Crippen molar-refractivity contribution in [2.75, 3.05) is 20.8 Å². The van der Waals surface area contributed by atoms with Crippen LogP contribution in [0.15, 0.2) is 28.8 Å². The van der Waals surface area contributed by atoms with Crippen LogP contribution in [0.25, 0.3) is 11.3 Å². The average Bonchev–Trinajstić information content (AvgIpc) is 2.93. The van der Waals surface area contributed by atoms with E-state index in [0.29, 0.717) is 12.3 Å². The molecule has 2 rings (SSSR count). The van der Waals surface area contributed by atoms with Crippen LogP contribution in [0.5, 0.6) is 11.5 Å². The summed E-state index contributed by atoms with van der Waals surface area (Å²) in [5.74, 6) is 2.15. The van der Waals surface area contributed by atoms with E-state index in [4.69, 9.17) is 14.0 Å². The Bertz CT molecular complexity index is 537. The molecular weight excluding hydrogens is 244 g/mol. The molecule has 0 fully saturated rings. The van der Waals surface area contributed by atoms with Crippen molar-refractivity contribution < 1.29 is 14.0 Å². The van der Waals surface area contributed by atoms with Gasteiger partial charge in [-0.3, -0.25) is 0 Å². The van der Waals surface area contributed by atoms with Crippen molar-refractivity contribution in [2.45, 2.75) is 13.5 Å². The molecule has 0 aliphatic rings. The van der Waals surface area contributed by atoms with Crippen molar-refractivity contribution in [1.82, 2.24) is 10.5 Å². The molecule has 1 heterocycles. The normalized spacial score (nSPS) is 10.5. The maximum Gasteiger partial charge on any atom is 0.171 e. The van der Waals surface area contributed by atoms with E-state index in [1.165, 1.54) is 0 Å². The number of rotatable bonds is 6. The number of hydrogen-bond donors (Lipinski definition) is 1. The van der Waals surface area contributed by atoms with Crippen molar-refractivity contribution in [3.05, 3.63) is 30.0 Å². The topological polar surface area (TPSA) is 56.5 Å². The van der Waals surface area contributed by atoms with Crippen LogP contribution in [-0.2, 0) is 6.54 Å². The van der Waals surface area contributed by atoms with Crippen molar-refractivity contribution in [1.29, 1.82) is 0 Å². The summed E-state index contributed by atoms with van der Waals surface area (Å²) in [7, 11) is 3.25. The molecule has 5 heteroatoms. The van der Waals surface area contributed by atoms with Gasteiger partial charge >= 0.3 is 0 Å². The van der Waals surface area contributed by atoms with Crippen LogP contribution in [0, 0.1) is 0 Å². The second-order valence-electron chi connectivity index (χ2n) is 4.03. The molecule has 2 aromatic rings. The first kappa shape index (κ1) is 13.4. The Kier molecular flexibility index (Phi) is 4.41. The number of benzene rings is 1. The second kappa shape index (κ2) is 6.24. The van der Waals surface area contributed by atoms with Crippen LogP contribution in [0.3, 0.4) is 0 Å². The third-order valence-electron chi connectivity index (χ3n) is 2.79. The van der Waals surface area contributed by atoms with Crippen LogP contribution in [0.2, 0.25) is 0 Å². The summed E-state index contributed by atoms with van der Waals surface area (Å²) < 4.78 is 15.9. The number of nitrogens with one attached hydrogen (secondary N) is 1. The Morgan fingerprint density at radius 1 is 1.21 bits per heavy atom. The van der Waals surface area contributed by atoms with Gasteiger partial charge in [0.05, 0.1) is 25.5 Å². The minimum Gasteiger partial charge on any atom is -0.497 e. The maximum atomic E-state index is 5.36. The monoisotopic (exact) mass is 262 g/mol. The van der Waals surface area contributed by atoms with Gasteiger partial charge in [-0.05, 0) is 24.7 Å². The highest BCUT2D eigenvalue weighted by Gasteiger charge is 2.13. The number of hydrogen-bond acceptors (Lipinski definition) is 5. The smallest absolute Gasteiger partial charge is 0.171 e. The Morgan fingerprint density at radius 2 is 2.05 bits per heavy atom. The molecule has 19 heavy (non-hydrogen) atoms. The molecule has 1 N–H and O–H groups in total. The van der Waals surface area contributed by atoms with E-state index in [1.807, 2.05) is 31.2 Å². The first-order valence-electron chi connectivity index (χ1n) is 6.17. The summed E-state index contributed by atoms with van der Waals surface area (Å²) in [5, 5.41) is 7.23. The summed E-state index contributed by atoms with van der Waals surface area (Å²) >= 11 is 0. The zero-order valence-electron chi connectivity index (χ0n) is 11.4. The molecule has 102 valence electrons. The Labute approximate surface area is 112 Å². The SMILES string of the molecule is CCNCc1cc(-c2cc(OC)ccc2OC)on1. The van der Waals surface area contributed by atoms with Gasteiger partial charge < -0.3 is 19.3 Å². The molecule has 0 saturated carbocycles. The van der Waals surface area contributed by atoms with E-state index < -0.39 is 0 Å². The fourth-order valence-electron chi connectivity index (χ4n) is 1.78. The van der Waals surface area contributed by atoms with Crippen molar-refractivity contribution in [2.24, 2.45) is 0 Å². The van der Waals surface area contributed by atoms with Gasteiger partial charge in [0.1, 0.15) is 11.5 Å². The zero-order valence-corrected chi connectivity index (χ0v) is 11.4. The minimum atomic E-state index is 0.670. The lowest BCUT2D eigenvalue weighted by Gasteiger charge is -2.07.